The number of hydrogen-bond donors (Lipinski definition) is 0. The fraction of sp³-hybridized carbons (Fsp3) is 0.444. The van der Waals surface area contributed by atoms with Crippen LogP contribution < -0.4 is 9.47 Å². The fourth-order valence-electron chi connectivity index (χ4n) is 1.10. The van der Waals surface area contributed by atoms with Gasteiger partial charge in [0.05, 0.1) is 12.8 Å². The van der Waals surface area contributed by atoms with Crippen molar-refractivity contribution < 1.29 is 27.0 Å². The summed E-state index contributed by atoms with van der Waals surface area (Å²) in [6, 6.07) is 1.13. The van der Waals surface area contributed by atoms with Gasteiger partial charge in [-0.2, -0.15) is 0 Å². The van der Waals surface area contributed by atoms with Gasteiger partial charge in [-0.25, -0.2) is 9.37 Å². The summed E-state index contributed by atoms with van der Waals surface area (Å²) in [5.41, 5.74) is -0.112. The smallest absolute Gasteiger partial charge is 0.495 e. The van der Waals surface area contributed by atoms with Gasteiger partial charge in [0.1, 0.15) is 12.4 Å². The van der Waals surface area contributed by atoms with Crippen molar-refractivity contribution in [3.63, 3.8) is 0 Å². The molecule has 1 heterocycles. The van der Waals surface area contributed by atoms with E-state index >= 15 is 0 Å². The third-order valence-corrected chi connectivity index (χ3v) is 1.78. The highest BCUT2D eigenvalue weighted by Gasteiger charge is 2.33. The Bertz CT molecular complexity index is 379. The largest absolute Gasteiger partial charge is 0.574 e. The van der Waals surface area contributed by atoms with Crippen molar-refractivity contribution in [3.8, 4) is 11.6 Å². The molecule has 0 saturated carbocycles. The van der Waals surface area contributed by atoms with Gasteiger partial charge in [0.25, 0.3) is 0 Å². The summed E-state index contributed by atoms with van der Waals surface area (Å²) in [6.07, 6.45) is -4.89. The van der Waals surface area contributed by atoms with Gasteiger partial charge in [0.15, 0.2) is 0 Å². The number of halogens is 4. The SMILES string of the molecule is COc1cc(CF)c(OC(F)(F)F)nc1C. The van der Waals surface area contributed by atoms with Crippen molar-refractivity contribution in [2.75, 3.05) is 7.11 Å². The summed E-state index contributed by atoms with van der Waals surface area (Å²) in [5.74, 6) is -0.574. The van der Waals surface area contributed by atoms with E-state index in [1.165, 1.54) is 14.0 Å². The topological polar surface area (TPSA) is 31.4 Å². The van der Waals surface area contributed by atoms with Crippen LogP contribution in [-0.2, 0) is 6.67 Å². The van der Waals surface area contributed by atoms with Crippen LogP contribution in [0.5, 0.6) is 11.6 Å². The maximum absolute atomic E-state index is 12.5. The van der Waals surface area contributed by atoms with Gasteiger partial charge in [0.2, 0.25) is 5.88 Å². The van der Waals surface area contributed by atoms with Crippen LogP contribution in [-0.4, -0.2) is 18.5 Å². The third-order valence-electron chi connectivity index (χ3n) is 1.78. The Balaban J connectivity index is 3.13. The molecule has 0 aliphatic heterocycles. The first-order valence-electron chi connectivity index (χ1n) is 4.23. The molecular weight excluding hydrogens is 230 g/mol. The molecule has 3 nitrogen and oxygen atoms in total. The van der Waals surface area contributed by atoms with Gasteiger partial charge in [-0.1, -0.05) is 0 Å². The Kier molecular flexibility index (Phi) is 3.56. The summed E-state index contributed by atoms with van der Waals surface area (Å²) in [4.78, 5) is 3.49. The van der Waals surface area contributed by atoms with E-state index in [9.17, 15) is 17.6 Å². The second-order valence-electron chi connectivity index (χ2n) is 2.92. The number of ether oxygens (including phenoxy) is 2. The van der Waals surface area contributed by atoms with Gasteiger partial charge in [-0.15, -0.1) is 13.2 Å². The number of aryl methyl sites for hydroxylation is 1. The average molecular weight is 239 g/mol. The molecule has 0 aliphatic carbocycles. The highest BCUT2D eigenvalue weighted by molar-refractivity contribution is 5.38. The first kappa shape index (κ1) is 12.5. The molecule has 0 unspecified atom stereocenters. The Morgan fingerprint density at radius 2 is 2.00 bits per heavy atom. The highest BCUT2D eigenvalue weighted by Crippen LogP contribution is 2.29. The highest BCUT2D eigenvalue weighted by atomic mass is 19.4. The van der Waals surface area contributed by atoms with Crippen LogP contribution in [0.1, 0.15) is 11.3 Å². The number of rotatable bonds is 3. The second kappa shape index (κ2) is 4.54. The molecule has 1 aromatic rings. The Morgan fingerprint density at radius 3 is 2.44 bits per heavy atom. The molecule has 0 radical (unpaired) electrons. The molecule has 0 saturated heterocycles. The number of pyridine rings is 1. The number of alkyl halides is 4. The van der Waals surface area contributed by atoms with Gasteiger partial charge in [0, 0.05) is 5.56 Å². The van der Waals surface area contributed by atoms with Crippen molar-refractivity contribution >= 4 is 0 Å². The van der Waals surface area contributed by atoms with Crippen LogP contribution >= 0.6 is 0 Å². The zero-order chi connectivity index (χ0) is 12.3. The molecule has 0 atom stereocenters. The van der Waals surface area contributed by atoms with Crippen molar-refractivity contribution in [2.24, 2.45) is 0 Å². The van der Waals surface area contributed by atoms with E-state index < -0.39 is 18.9 Å². The minimum atomic E-state index is -4.89. The number of hydrogen-bond acceptors (Lipinski definition) is 3. The first-order chi connectivity index (χ1) is 7.37. The van der Waals surface area contributed by atoms with Gasteiger partial charge < -0.3 is 9.47 Å². The van der Waals surface area contributed by atoms with Crippen LogP contribution in [0.2, 0.25) is 0 Å². The van der Waals surface area contributed by atoms with Crippen molar-refractivity contribution in [1.29, 1.82) is 0 Å². The van der Waals surface area contributed by atoms with E-state index in [1.54, 1.807) is 0 Å². The van der Waals surface area contributed by atoms with Gasteiger partial charge in [-0.3, -0.25) is 0 Å². The number of methoxy groups -OCH3 is 1. The average Bonchev–Trinajstić information content (AvgIpc) is 2.16. The lowest BCUT2D eigenvalue weighted by molar-refractivity contribution is -0.276. The first-order valence-corrected chi connectivity index (χ1v) is 4.23. The molecule has 7 heteroatoms. The van der Waals surface area contributed by atoms with Crippen LogP contribution in [0.3, 0.4) is 0 Å². The number of nitrogens with zero attached hydrogens (tertiary/aromatic N) is 1. The van der Waals surface area contributed by atoms with Crippen LogP contribution in [0.15, 0.2) is 6.07 Å². The van der Waals surface area contributed by atoms with Crippen LogP contribution in [0, 0.1) is 6.92 Å². The molecule has 1 rings (SSSR count). The molecule has 0 aliphatic rings. The van der Waals surface area contributed by atoms with Crippen molar-refractivity contribution in [3.05, 3.63) is 17.3 Å². The van der Waals surface area contributed by atoms with E-state index in [4.69, 9.17) is 4.74 Å². The fourth-order valence-corrected chi connectivity index (χ4v) is 1.10. The van der Waals surface area contributed by atoms with E-state index in [2.05, 4.69) is 9.72 Å². The lowest BCUT2D eigenvalue weighted by atomic mass is 10.2. The minimum absolute atomic E-state index is 0.193. The second-order valence-corrected chi connectivity index (χ2v) is 2.92. The van der Waals surface area contributed by atoms with Crippen molar-refractivity contribution in [2.45, 2.75) is 20.0 Å². The van der Waals surface area contributed by atoms with Crippen LogP contribution in [0.4, 0.5) is 17.6 Å². The summed E-state index contributed by atoms with van der Waals surface area (Å²) in [7, 11) is 1.32. The summed E-state index contributed by atoms with van der Waals surface area (Å²) < 4.78 is 56.7. The predicted octanol–water partition coefficient (Wildman–Crippen LogP) is 2.77. The van der Waals surface area contributed by atoms with Gasteiger partial charge >= 0.3 is 6.36 Å². The summed E-state index contributed by atoms with van der Waals surface area (Å²) in [5, 5.41) is 0. The van der Waals surface area contributed by atoms with Gasteiger partial charge in [-0.05, 0) is 13.0 Å². The number of aromatic nitrogens is 1. The molecule has 0 amide bonds. The van der Waals surface area contributed by atoms with E-state index in [1.807, 2.05) is 0 Å². The lowest BCUT2D eigenvalue weighted by Gasteiger charge is -2.13. The molecular formula is C9H9F4NO2. The maximum atomic E-state index is 12.5. The lowest BCUT2D eigenvalue weighted by Crippen LogP contribution is -2.19. The monoisotopic (exact) mass is 239 g/mol. The Morgan fingerprint density at radius 1 is 1.38 bits per heavy atom. The molecule has 1 aromatic heterocycles. The predicted molar refractivity (Wildman–Crippen MR) is 47.0 cm³/mol. The van der Waals surface area contributed by atoms with Crippen LogP contribution in [0.25, 0.3) is 0 Å². The summed E-state index contributed by atoms with van der Waals surface area (Å²) >= 11 is 0. The molecule has 90 valence electrons. The molecule has 0 aromatic carbocycles. The standard InChI is InChI=1S/C9H9F4NO2/c1-5-7(15-2)3-6(4-10)8(14-5)16-9(11,12)13/h3H,4H2,1-2H3. The molecule has 16 heavy (non-hydrogen) atoms. The Labute approximate surface area is 89.0 Å². The van der Waals surface area contributed by atoms with Crippen molar-refractivity contribution in [1.82, 2.24) is 4.98 Å². The molecule has 0 fully saturated rings. The quantitative estimate of drug-likeness (QED) is 0.760. The molecule has 0 spiro atoms. The third kappa shape index (κ3) is 2.98. The Hall–Kier alpha value is -1.53. The van der Waals surface area contributed by atoms with E-state index in [-0.39, 0.29) is 17.0 Å². The zero-order valence-electron chi connectivity index (χ0n) is 8.56. The van der Waals surface area contributed by atoms with E-state index in [0.717, 1.165) is 6.07 Å². The zero-order valence-corrected chi connectivity index (χ0v) is 8.56. The minimum Gasteiger partial charge on any atom is -0.495 e. The maximum Gasteiger partial charge on any atom is 0.574 e. The van der Waals surface area contributed by atoms with E-state index in [0.29, 0.717) is 0 Å². The normalized spacial score (nSPS) is 11.4. The molecule has 0 bridgehead atoms. The molecule has 0 N–H and O–H groups in total. The summed E-state index contributed by atoms with van der Waals surface area (Å²) in [6.45, 7) is 0.319.